The van der Waals surface area contributed by atoms with Gasteiger partial charge in [-0.3, -0.25) is 10.6 Å². The molecule has 0 atom stereocenters. The predicted octanol–water partition coefficient (Wildman–Crippen LogP) is 6.25. The standard InChI is InChI=1S/C21H34N2O4/c1-4-6-8-10-15-26-20(24)22-18-14-12-13-17(3)19(18)23-21(25)27-16-11-9-7-5-2/h12-14H,4-11,15-16H2,1-3H3,(H,22,24)(H,23,25). The lowest BCUT2D eigenvalue weighted by Crippen LogP contribution is -2.19. The number of hydrogen-bond acceptors (Lipinski definition) is 4. The number of unbranched alkanes of at least 4 members (excludes halogenated alkanes) is 6. The minimum absolute atomic E-state index is 0.389. The molecule has 0 unspecified atom stereocenters. The lowest BCUT2D eigenvalue weighted by molar-refractivity contribution is 0.157. The lowest BCUT2D eigenvalue weighted by Gasteiger charge is -2.15. The van der Waals surface area contributed by atoms with Crippen LogP contribution >= 0.6 is 0 Å². The number of nitrogens with one attached hydrogen (secondary N) is 2. The van der Waals surface area contributed by atoms with Crippen LogP contribution in [0.5, 0.6) is 0 Å². The maximum absolute atomic E-state index is 12.0. The van der Waals surface area contributed by atoms with Gasteiger partial charge in [-0.25, -0.2) is 9.59 Å². The number of para-hydroxylation sites is 1. The summed E-state index contributed by atoms with van der Waals surface area (Å²) in [7, 11) is 0. The van der Waals surface area contributed by atoms with Gasteiger partial charge in [-0.15, -0.1) is 0 Å². The van der Waals surface area contributed by atoms with Crippen molar-refractivity contribution in [3.8, 4) is 0 Å². The van der Waals surface area contributed by atoms with Crippen molar-refractivity contribution in [2.75, 3.05) is 23.8 Å². The van der Waals surface area contributed by atoms with Crippen LogP contribution in [0.1, 0.15) is 70.8 Å². The monoisotopic (exact) mass is 378 g/mol. The van der Waals surface area contributed by atoms with Gasteiger partial charge < -0.3 is 9.47 Å². The van der Waals surface area contributed by atoms with E-state index in [1.165, 1.54) is 0 Å². The Kier molecular flexibility index (Phi) is 11.7. The first-order chi connectivity index (χ1) is 13.1. The van der Waals surface area contributed by atoms with Gasteiger partial charge in [0.05, 0.1) is 24.6 Å². The molecule has 6 nitrogen and oxygen atoms in total. The van der Waals surface area contributed by atoms with Crippen molar-refractivity contribution in [2.24, 2.45) is 0 Å². The molecule has 0 aliphatic rings. The van der Waals surface area contributed by atoms with Crippen LogP contribution in [-0.2, 0) is 9.47 Å². The molecule has 152 valence electrons. The molecule has 0 radical (unpaired) electrons. The van der Waals surface area contributed by atoms with E-state index >= 15 is 0 Å². The first-order valence-electron chi connectivity index (χ1n) is 10.1. The number of ether oxygens (including phenoxy) is 2. The van der Waals surface area contributed by atoms with E-state index in [0.29, 0.717) is 24.6 Å². The molecule has 0 aliphatic heterocycles. The zero-order valence-corrected chi connectivity index (χ0v) is 16.9. The third-order valence-corrected chi connectivity index (χ3v) is 4.20. The summed E-state index contributed by atoms with van der Waals surface area (Å²) in [4.78, 5) is 24.0. The molecule has 1 aromatic carbocycles. The number of hydrogen-bond donors (Lipinski definition) is 2. The van der Waals surface area contributed by atoms with E-state index in [4.69, 9.17) is 9.47 Å². The largest absolute Gasteiger partial charge is 0.449 e. The van der Waals surface area contributed by atoms with Crippen LogP contribution in [0.25, 0.3) is 0 Å². The van der Waals surface area contributed by atoms with Crippen molar-refractivity contribution in [1.29, 1.82) is 0 Å². The lowest BCUT2D eigenvalue weighted by atomic mass is 10.1. The molecule has 2 N–H and O–H groups in total. The first-order valence-corrected chi connectivity index (χ1v) is 10.1. The molecular formula is C21H34N2O4. The summed E-state index contributed by atoms with van der Waals surface area (Å²) in [5.41, 5.74) is 1.86. The fourth-order valence-corrected chi connectivity index (χ4v) is 2.61. The van der Waals surface area contributed by atoms with Gasteiger partial charge in [0, 0.05) is 0 Å². The molecule has 27 heavy (non-hydrogen) atoms. The molecule has 0 bridgehead atoms. The molecular weight excluding hydrogens is 344 g/mol. The first kappa shape index (κ1) is 22.8. The molecule has 0 saturated heterocycles. The molecule has 0 fully saturated rings. The third kappa shape index (κ3) is 9.87. The molecule has 0 aromatic heterocycles. The normalized spacial score (nSPS) is 10.3. The summed E-state index contributed by atoms with van der Waals surface area (Å²) in [5.74, 6) is 0. The van der Waals surface area contributed by atoms with Gasteiger partial charge in [-0.05, 0) is 31.4 Å². The molecule has 0 saturated carbocycles. The van der Waals surface area contributed by atoms with Crippen LogP contribution in [0.4, 0.5) is 21.0 Å². The molecule has 1 aromatic rings. The summed E-state index contributed by atoms with van der Waals surface area (Å²) in [5, 5.41) is 5.43. The highest BCUT2D eigenvalue weighted by Crippen LogP contribution is 2.26. The number of aryl methyl sites for hydroxylation is 1. The van der Waals surface area contributed by atoms with E-state index in [-0.39, 0.29) is 0 Å². The smallest absolute Gasteiger partial charge is 0.411 e. The minimum Gasteiger partial charge on any atom is -0.449 e. The van der Waals surface area contributed by atoms with E-state index in [1.54, 1.807) is 6.07 Å². The molecule has 0 aliphatic carbocycles. The van der Waals surface area contributed by atoms with Crippen LogP contribution in [0.15, 0.2) is 18.2 Å². The maximum atomic E-state index is 12.0. The Hall–Kier alpha value is -2.24. The predicted molar refractivity (Wildman–Crippen MR) is 109 cm³/mol. The third-order valence-electron chi connectivity index (χ3n) is 4.20. The van der Waals surface area contributed by atoms with Crippen molar-refractivity contribution in [3.05, 3.63) is 23.8 Å². The van der Waals surface area contributed by atoms with E-state index in [9.17, 15) is 9.59 Å². The SMILES string of the molecule is CCCCCCOC(=O)Nc1cccc(C)c1NC(=O)OCCCCCC. The van der Waals surface area contributed by atoms with Gasteiger partial charge in [0.1, 0.15) is 0 Å². The van der Waals surface area contributed by atoms with Crippen molar-refractivity contribution < 1.29 is 19.1 Å². The number of carbonyl (C=O) groups is 2. The number of carbonyl (C=O) groups excluding carboxylic acids is 2. The van der Waals surface area contributed by atoms with Gasteiger partial charge in [0.25, 0.3) is 0 Å². The summed E-state index contributed by atoms with van der Waals surface area (Å²) in [6.07, 6.45) is 7.31. The average Bonchev–Trinajstić information content (AvgIpc) is 2.64. The van der Waals surface area contributed by atoms with Crippen molar-refractivity contribution in [2.45, 2.75) is 72.1 Å². The Bertz CT molecular complexity index is 575. The Balaban J connectivity index is 2.50. The zero-order chi connectivity index (χ0) is 19.9. The molecule has 0 heterocycles. The van der Waals surface area contributed by atoms with E-state index in [2.05, 4.69) is 24.5 Å². The van der Waals surface area contributed by atoms with Gasteiger partial charge in [-0.2, -0.15) is 0 Å². The topological polar surface area (TPSA) is 76.7 Å². The number of anilines is 2. The molecule has 1 rings (SSSR count). The average molecular weight is 379 g/mol. The van der Waals surface area contributed by atoms with Crippen LogP contribution < -0.4 is 10.6 Å². The highest BCUT2D eigenvalue weighted by Gasteiger charge is 2.13. The Morgan fingerprint density at radius 1 is 0.815 bits per heavy atom. The van der Waals surface area contributed by atoms with Gasteiger partial charge in [0.2, 0.25) is 0 Å². The van der Waals surface area contributed by atoms with Gasteiger partial charge in [0.15, 0.2) is 0 Å². The summed E-state index contributed by atoms with van der Waals surface area (Å²) in [6, 6.07) is 5.40. The highest BCUT2D eigenvalue weighted by atomic mass is 16.6. The minimum atomic E-state index is -0.520. The van der Waals surface area contributed by atoms with Gasteiger partial charge >= 0.3 is 12.2 Å². The number of amides is 2. The molecule has 0 spiro atoms. The van der Waals surface area contributed by atoms with Crippen molar-refractivity contribution in [1.82, 2.24) is 0 Å². The maximum Gasteiger partial charge on any atom is 0.411 e. The number of benzene rings is 1. The Morgan fingerprint density at radius 2 is 1.37 bits per heavy atom. The second-order valence-electron chi connectivity index (χ2n) is 6.64. The van der Waals surface area contributed by atoms with E-state index in [0.717, 1.165) is 56.9 Å². The molecule has 2 amide bonds. The zero-order valence-electron chi connectivity index (χ0n) is 16.9. The number of rotatable bonds is 12. The summed E-state index contributed by atoms with van der Waals surface area (Å²) < 4.78 is 10.4. The van der Waals surface area contributed by atoms with Crippen LogP contribution in [0, 0.1) is 6.92 Å². The summed E-state index contributed by atoms with van der Waals surface area (Å²) in [6.45, 7) is 6.91. The van der Waals surface area contributed by atoms with Crippen molar-refractivity contribution >= 4 is 23.6 Å². The molecule has 6 heteroatoms. The quantitative estimate of drug-likeness (QED) is 0.421. The van der Waals surface area contributed by atoms with Crippen LogP contribution in [0.3, 0.4) is 0 Å². The fraction of sp³-hybridized carbons (Fsp3) is 0.619. The van der Waals surface area contributed by atoms with E-state index < -0.39 is 12.2 Å². The highest BCUT2D eigenvalue weighted by molar-refractivity contribution is 5.96. The van der Waals surface area contributed by atoms with Crippen LogP contribution in [-0.4, -0.2) is 25.4 Å². The van der Waals surface area contributed by atoms with E-state index in [1.807, 2.05) is 19.1 Å². The van der Waals surface area contributed by atoms with Gasteiger partial charge in [-0.1, -0.05) is 64.5 Å². The van der Waals surface area contributed by atoms with Crippen molar-refractivity contribution in [3.63, 3.8) is 0 Å². The fourth-order valence-electron chi connectivity index (χ4n) is 2.61. The Morgan fingerprint density at radius 3 is 1.93 bits per heavy atom. The second-order valence-corrected chi connectivity index (χ2v) is 6.64. The second kappa shape index (κ2) is 13.9. The van der Waals surface area contributed by atoms with Crippen LogP contribution in [0.2, 0.25) is 0 Å². The summed E-state index contributed by atoms with van der Waals surface area (Å²) >= 11 is 0. The Labute approximate surface area is 163 Å².